The second kappa shape index (κ2) is 4.59. The first-order chi connectivity index (χ1) is 7.99. The molecule has 0 unspecified atom stereocenters. The molecular formula is C10H8O4S3. The minimum atomic E-state index is -3.35. The molecule has 0 saturated carbocycles. The van der Waals surface area contributed by atoms with Crippen molar-refractivity contribution in [1.29, 1.82) is 0 Å². The maximum Gasteiger partial charge on any atom is 0.345 e. The molecule has 0 aromatic carbocycles. The number of rotatable bonds is 4. The summed E-state index contributed by atoms with van der Waals surface area (Å²) in [5.74, 6) is -1.18. The number of carboxylic acids is 1. The van der Waals surface area contributed by atoms with Crippen LogP contribution in [0.3, 0.4) is 0 Å². The van der Waals surface area contributed by atoms with Gasteiger partial charge in [-0.05, 0) is 23.6 Å². The number of carboxylic acid groups (broad SMARTS) is 1. The third-order valence-corrected chi connectivity index (χ3v) is 6.41. The summed E-state index contributed by atoms with van der Waals surface area (Å²) in [7, 11) is -3.35. The van der Waals surface area contributed by atoms with E-state index in [0.717, 1.165) is 22.7 Å². The van der Waals surface area contributed by atoms with Crippen molar-refractivity contribution in [2.75, 3.05) is 0 Å². The van der Waals surface area contributed by atoms with Gasteiger partial charge in [0.1, 0.15) is 9.09 Å². The molecule has 0 saturated heterocycles. The Bertz CT molecular complexity index is 622. The lowest BCUT2D eigenvalue weighted by molar-refractivity contribution is 0.0702. The fourth-order valence-electron chi connectivity index (χ4n) is 1.27. The molecule has 17 heavy (non-hydrogen) atoms. The van der Waals surface area contributed by atoms with Crippen molar-refractivity contribution in [3.05, 3.63) is 39.4 Å². The normalized spacial score (nSPS) is 11.5. The zero-order chi connectivity index (χ0) is 12.5. The van der Waals surface area contributed by atoms with Gasteiger partial charge in [0.25, 0.3) is 0 Å². The van der Waals surface area contributed by atoms with Gasteiger partial charge in [-0.3, -0.25) is 0 Å². The SMILES string of the molecule is O=C(O)c1ccc(CS(=O)(=O)c2cccs2)s1. The van der Waals surface area contributed by atoms with E-state index in [-0.39, 0.29) is 10.6 Å². The van der Waals surface area contributed by atoms with Gasteiger partial charge in [-0.15, -0.1) is 22.7 Å². The first-order valence-electron chi connectivity index (χ1n) is 4.57. The number of carbonyl (C=O) groups is 1. The Morgan fingerprint density at radius 1 is 1.29 bits per heavy atom. The Balaban J connectivity index is 2.24. The highest BCUT2D eigenvalue weighted by Gasteiger charge is 2.18. The maximum absolute atomic E-state index is 11.9. The molecule has 2 aromatic heterocycles. The lowest BCUT2D eigenvalue weighted by atomic mass is 10.4. The molecule has 0 amide bonds. The van der Waals surface area contributed by atoms with Crippen LogP contribution in [0, 0.1) is 0 Å². The van der Waals surface area contributed by atoms with Crippen LogP contribution in [-0.2, 0) is 15.6 Å². The second-order valence-electron chi connectivity index (χ2n) is 3.26. The monoisotopic (exact) mass is 288 g/mol. The largest absolute Gasteiger partial charge is 0.477 e. The molecule has 0 aliphatic carbocycles. The fraction of sp³-hybridized carbons (Fsp3) is 0.100. The van der Waals surface area contributed by atoms with Crippen LogP contribution in [0.5, 0.6) is 0 Å². The van der Waals surface area contributed by atoms with Crippen LogP contribution in [0.25, 0.3) is 0 Å². The zero-order valence-electron chi connectivity index (χ0n) is 8.49. The maximum atomic E-state index is 11.9. The van der Waals surface area contributed by atoms with E-state index in [2.05, 4.69) is 0 Å². The van der Waals surface area contributed by atoms with Crippen LogP contribution in [0.4, 0.5) is 0 Å². The highest BCUT2D eigenvalue weighted by atomic mass is 32.2. The Kier molecular flexibility index (Phi) is 3.32. The van der Waals surface area contributed by atoms with E-state index in [1.165, 1.54) is 6.07 Å². The van der Waals surface area contributed by atoms with E-state index in [1.807, 2.05) is 0 Å². The smallest absolute Gasteiger partial charge is 0.345 e. The van der Waals surface area contributed by atoms with E-state index in [9.17, 15) is 13.2 Å². The van der Waals surface area contributed by atoms with Crippen molar-refractivity contribution in [3.8, 4) is 0 Å². The predicted octanol–water partition coefficient (Wildman–Crippen LogP) is 2.48. The fourth-order valence-corrected chi connectivity index (χ4v) is 4.89. The highest BCUT2D eigenvalue weighted by molar-refractivity contribution is 7.92. The van der Waals surface area contributed by atoms with Gasteiger partial charge in [-0.2, -0.15) is 0 Å². The summed E-state index contributed by atoms with van der Waals surface area (Å²) < 4.78 is 24.1. The molecule has 0 aliphatic rings. The molecule has 0 spiro atoms. The second-order valence-corrected chi connectivity index (χ2v) is 7.59. The Hall–Kier alpha value is -1.18. The van der Waals surface area contributed by atoms with Gasteiger partial charge >= 0.3 is 5.97 Å². The number of sulfone groups is 1. The van der Waals surface area contributed by atoms with Gasteiger partial charge in [0.05, 0.1) is 5.75 Å². The molecule has 0 bridgehead atoms. The van der Waals surface area contributed by atoms with Gasteiger partial charge in [0, 0.05) is 4.88 Å². The van der Waals surface area contributed by atoms with Crippen molar-refractivity contribution in [2.45, 2.75) is 9.96 Å². The molecule has 90 valence electrons. The summed E-state index contributed by atoms with van der Waals surface area (Å²) >= 11 is 2.15. The summed E-state index contributed by atoms with van der Waals surface area (Å²) in [5.41, 5.74) is 0. The Morgan fingerprint density at radius 3 is 2.59 bits per heavy atom. The molecular weight excluding hydrogens is 280 g/mol. The van der Waals surface area contributed by atoms with Crippen LogP contribution >= 0.6 is 22.7 Å². The van der Waals surface area contributed by atoms with Crippen molar-refractivity contribution in [1.82, 2.24) is 0 Å². The molecule has 0 atom stereocenters. The summed E-state index contributed by atoms with van der Waals surface area (Å²) in [4.78, 5) is 11.4. The third-order valence-electron chi connectivity index (χ3n) is 2.01. The molecule has 0 radical (unpaired) electrons. The predicted molar refractivity (Wildman–Crippen MR) is 66.5 cm³/mol. The van der Waals surface area contributed by atoms with E-state index < -0.39 is 15.8 Å². The summed E-state index contributed by atoms with van der Waals surface area (Å²) in [6, 6.07) is 6.19. The topological polar surface area (TPSA) is 71.4 Å². The molecule has 2 heterocycles. The van der Waals surface area contributed by atoms with Crippen LogP contribution in [0.1, 0.15) is 14.5 Å². The highest BCUT2D eigenvalue weighted by Crippen LogP contribution is 2.25. The van der Waals surface area contributed by atoms with Gasteiger partial charge in [0.15, 0.2) is 9.84 Å². The molecule has 4 nitrogen and oxygen atoms in total. The van der Waals surface area contributed by atoms with Crippen molar-refractivity contribution < 1.29 is 18.3 Å². The average Bonchev–Trinajstić information content (AvgIpc) is 2.85. The minimum absolute atomic E-state index is 0.147. The minimum Gasteiger partial charge on any atom is -0.477 e. The van der Waals surface area contributed by atoms with E-state index in [0.29, 0.717) is 9.09 Å². The van der Waals surface area contributed by atoms with Crippen LogP contribution < -0.4 is 0 Å². The Labute approximate surface area is 106 Å². The molecule has 2 rings (SSSR count). The molecule has 2 aromatic rings. The van der Waals surface area contributed by atoms with E-state index in [4.69, 9.17) is 5.11 Å². The summed E-state index contributed by atoms with van der Waals surface area (Å²) in [6.45, 7) is 0. The zero-order valence-corrected chi connectivity index (χ0v) is 10.9. The first kappa shape index (κ1) is 12.3. The standard InChI is InChI=1S/C10H8O4S3/c11-10(12)8-4-3-7(16-8)6-17(13,14)9-2-1-5-15-9/h1-5H,6H2,(H,11,12). The van der Waals surface area contributed by atoms with Crippen LogP contribution in [0.2, 0.25) is 0 Å². The van der Waals surface area contributed by atoms with Crippen molar-refractivity contribution >= 4 is 38.5 Å². The number of hydrogen-bond donors (Lipinski definition) is 1. The summed E-state index contributed by atoms with van der Waals surface area (Å²) in [6.07, 6.45) is 0. The van der Waals surface area contributed by atoms with E-state index >= 15 is 0 Å². The van der Waals surface area contributed by atoms with Crippen molar-refractivity contribution in [2.24, 2.45) is 0 Å². The lowest BCUT2D eigenvalue weighted by Crippen LogP contribution is -2.01. The first-order valence-corrected chi connectivity index (χ1v) is 7.92. The molecule has 0 fully saturated rings. The van der Waals surface area contributed by atoms with Gasteiger partial charge in [0.2, 0.25) is 0 Å². The Morgan fingerprint density at radius 2 is 2.06 bits per heavy atom. The number of aromatic carboxylic acids is 1. The quantitative estimate of drug-likeness (QED) is 0.938. The lowest BCUT2D eigenvalue weighted by Gasteiger charge is -1.98. The summed E-state index contributed by atoms with van der Waals surface area (Å²) in [5, 5.41) is 10.4. The molecule has 0 aliphatic heterocycles. The average molecular weight is 288 g/mol. The molecule has 1 N–H and O–H groups in total. The van der Waals surface area contributed by atoms with Gasteiger partial charge in [-0.25, -0.2) is 13.2 Å². The number of hydrogen-bond acceptors (Lipinski definition) is 5. The third kappa shape index (κ3) is 2.74. The van der Waals surface area contributed by atoms with Gasteiger partial charge in [-0.1, -0.05) is 6.07 Å². The van der Waals surface area contributed by atoms with Crippen LogP contribution in [-0.4, -0.2) is 19.5 Å². The van der Waals surface area contributed by atoms with Crippen molar-refractivity contribution in [3.63, 3.8) is 0 Å². The molecule has 7 heteroatoms. The number of thiophene rings is 2. The van der Waals surface area contributed by atoms with Crippen LogP contribution in [0.15, 0.2) is 33.9 Å². The van der Waals surface area contributed by atoms with Gasteiger partial charge < -0.3 is 5.11 Å². The van der Waals surface area contributed by atoms with E-state index in [1.54, 1.807) is 23.6 Å².